The summed E-state index contributed by atoms with van der Waals surface area (Å²) in [5, 5.41) is 11.1. The molecule has 3 rings (SSSR count). The van der Waals surface area contributed by atoms with Gasteiger partial charge in [-0.1, -0.05) is 6.07 Å². The fraction of sp³-hybridized carbons (Fsp3) is 0.524. The highest BCUT2D eigenvalue weighted by molar-refractivity contribution is 14.0. The summed E-state index contributed by atoms with van der Waals surface area (Å²) in [6, 6.07) is 4.07. The molecule has 0 aliphatic carbocycles. The monoisotopic (exact) mass is 532 g/mol. The van der Waals surface area contributed by atoms with Gasteiger partial charge in [0.15, 0.2) is 5.96 Å². The van der Waals surface area contributed by atoms with Crippen LogP contribution < -0.4 is 15.5 Å². The van der Waals surface area contributed by atoms with Gasteiger partial charge in [-0.25, -0.2) is 8.78 Å². The van der Waals surface area contributed by atoms with E-state index in [0.29, 0.717) is 19.6 Å². The Labute approximate surface area is 194 Å². The van der Waals surface area contributed by atoms with Crippen LogP contribution in [-0.2, 0) is 13.5 Å². The van der Waals surface area contributed by atoms with E-state index < -0.39 is 11.6 Å². The number of benzene rings is 1. The minimum Gasteiger partial charge on any atom is -0.365 e. The molecule has 2 aromatic rings. The molecule has 1 atom stereocenters. The molecule has 0 amide bonds. The van der Waals surface area contributed by atoms with Crippen LogP contribution >= 0.6 is 24.0 Å². The Morgan fingerprint density at radius 3 is 2.57 bits per heavy atom. The highest BCUT2D eigenvalue weighted by atomic mass is 127. The number of anilines is 1. The summed E-state index contributed by atoms with van der Waals surface area (Å²) in [6.45, 7) is 8.62. The van der Waals surface area contributed by atoms with E-state index in [0.717, 1.165) is 36.7 Å². The van der Waals surface area contributed by atoms with E-state index in [1.54, 1.807) is 4.90 Å². The van der Waals surface area contributed by atoms with Crippen LogP contribution in [0.1, 0.15) is 30.3 Å². The van der Waals surface area contributed by atoms with Crippen molar-refractivity contribution in [2.24, 2.45) is 12.0 Å². The lowest BCUT2D eigenvalue weighted by Crippen LogP contribution is -2.44. The minimum atomic E-state index is -0.520. The van der Waals surface area contributed by atoms with Crippen LogP contribution in [0.5, 0.6) is 0 Å². The molecule has 9 heteroatoms. The van der Waals surface area contributed by atoms with Crippen molar-refractivity contribution in [2.45, 2.75) is 39.7 Å². The van der Waals surface area contributed by atoms with Crippen molar-refractivity contribution < 1.29 is 8.78 Å². The maximum Gasteiger partial charge on any atom is 0.191 e. The highest BCUT2D eigenvalue weighted by Gasteiger charge is 2.27. The quantitative estimate of drug-likeness (QED) is 0.341. The fourth-order valence-corrected chi connectivity index (χ4v) is 3.84. The van der Waals surface area contributed by atoms with E-state index in [2.05, 4.69) is 27.6 Å². The zero-order chi connectivity index (χ0) is 21.0. The zero-order valence-electron chi connectivity index (χ0n) is 18.0. The molecule has 0 bridgehead atoms. The molecule has 1 aromatic carbocycles. The number of halogens is 3. The Balaban J connectivity index is 0.00000320. The number of guanidine groups is 1. The summed E-state index contributed by atoms with van der Waals surface area (Å²) in [5.41, 5.74) is 3.49. The van der Waals surface area contributed by atoms with Crippen molar-refractivity contribution in [1.82, 2.24) is 20.4 Å². The number of hydrogen-bond donors (Lipinski definition) is 2. The number of hydrogen-bond acceptors (Lipinski definition) is 3. The summed E-state index contributed by atoms with van der Waals surface area (Å²) in [6.07, 6.45) is 1.61. The third-order valence-corrected chi connectivity index (χ3v) is 5.42. The second-order valence-electron chi connectivity index (χ2n) is 7.43. The maximum absolute atomic E-state index is 14.1. The third-order valence-electron chi connectivity index (χ3n) is 5.42. The van der Waals surface area contributed by atoms with E-state index in [9.17, 15) is 8.78 Å². The first kappa shape index (κ1) is 24.4. The number of para-hydroxylation sites is 1. The largest absolute Gasteiger partial charge is 0.365 e. The molecule has 30 heavy (non-hydrogen) atoms. The van der Waals surface area contributed by atoms with Gasteiger partial charge in [-0.2, -0.15) is 5.10 Å². The van der Waals surface area contributed by atoms with Crippen LogP contribution in [0.25, 0.3) is 0 Å². The smallest absolute Gasteiger partial charge is 0.191 e. The van der Waals surface area contributed by atoms with Gasteiger partial charge in [0.1, 0.15) is 17.3 Å². The maximum atomic E-state index is 14.1. The van der Waals surface area contributed by atoms with Gasteiger partial charge in [0, 0.05) is 45.0 Å². The summed E-state index contributed by atoms with van der Waals surface area (Å²) in [7, 11) is 1.95. The van der Waals surface area contributed by atoms with E-state index >= 15 is 0 Å². The standard InChI is InChI=1S/C21H30F2N6.HI/c1-5-24-21(25-11-9-17-14(2)27-28(4)15(17)3)26-16-10-12-29(13-16)20-18(22)7-6-8-19(20)23;/h6-8,16H,5,9-13H2,1-4H3,(H2,24,25,26);1H. The Morgan fingerprint density at radius 2 is 1.97 bits per heavy atom. The number of rotatable bonds is 6. The van der Waals surface area contributed by atoms with E-state index in [4.69, 9.17) is 0 Å². The zero-order valence-corrected chi connectivity index (χ0v) is 20.3. The lowest BCUT2D eigenvalue weighted by Gasteiger charge is -2.21. The van der Waals surface area contributed by atoms with Gasteiger partial charge in [-0.15, -0.1) is 24.0 Å². The number of aliphatic imine (C=N–C) groups is 1. The molecule has 0 radical (unpaired) electrons. The number of nitrogens with zero attached hydrogens (tertiary/aromatic N) is 4. The molecule has 1 saturated heterocycles. The summed E-state index contributed by atoms with van der Waals surface area (Å²) in [5.74, 6) is -0.311. The van der Waals surface area contributed by atoms with Gasteiger partial charge >= 0.3 is 0 Å². The Hall–Kier alpha value is -1.91. The van der Waals surface area contributed by atoms with Crippen LogP contribution in [0.15, 0.2) is 23.2 Å². The Bertz CT molecular complexity index is 862. The molecule has 1 aromatic heterocycles. The van der Waals surface area contributed by atoms with Gasteiger partial charge in [0.2, 0.25) is 0 Å². The first-order valence-electron chi connectivity index (χ1n) is 10.1. The minimum absolute atomic E-state index is 0. The Morgan fingerprint density at radius 1 is 1.27 bits per heavy atom. The van der Waals surface area contributed by atoms with Crippen molar-refractivity contribution in [3.8, 4) is 0 Å². The number of aromatic nitrogens is 2. The van der Waals surface area contributed by atoms with Gasteiger partial charge in [0.05, 0.1) is 5.69 Å². The lowest BCUT2D eigenvalue weighted by molar-refractivity contribution is 0.576. The average molecular weight is 532 g/mol. The lowest BCUT2D eigenvalue weighted by atomic mass is 10.1. The second-order valence-corrected chi connectivity index (χ2v) is 7.43. The van der Waals surface area contributed by atoms with Crippen molar-refractivity contribution in [2.75, 3.05) is 31.1 Å². The summed E-state index contributed by atoms with van der Waals surface area (Å²) < 4.78 is 30.0. The molecule has 1 fully saturated rings. The second kappa shape index (κ2) is 10.9. The molecular weight excluding hydrogens is 501 g/mol. The topological polar surface area (TPSA) is 57.5 Å². The van der Waals surface area contributed by atoms with Crippen molar-refractivity contribution in [3.63, 3.8) is 0 Å². The first-order chi connectivity index (χ1) is 13.9. The summed E-state index contributed by atoms with van der Waals surface area (Å²) >= 11 is 0. The fourth-order valence-electron chi connectivity index (χ4n) is 3.84. The molecule has 2 heterocycles. The van der Waals surface area contributed by atoms with Crippen LogP contribution in [0.3, 0.4) is 0 Å². The first-order valence-corrected chi connectivity index (χ1v) is 10.1. The van der Waals surface area contributed by atoms with Gasteiger partial charge in [-0.05, 0) is 51.3 Å². The van der Waals surface area contributed by atoms with Crippen LogP contribution in [0, 0.1) is 25.5 Å². The van der Waals surface area contributed by atoms with E-state index in [1.165, 1.54) is 23.8 Å². The van der Waals surface area contributed by atoms with Gasteiger partial charge in [0.25, 0.3) is 0 Å². The van der Waals surface area contributed by atoms with E-state index in [-0.39, 0.29) is 35.7 Å². The molecule has 0 spiro atoms. The number of nitrogens with one attached hydrogen (secondary N) is 2. The Kier molecular flexibility index (Phi) is 8.87. The molecular formula is C21H31F2IN6. The predicted octanol–water partition coefficient (Wildman–Crippen LogP) is 3.31. The average Bonchev–Trinajstić information content (AvgIpc) is 3.21. The van der Waals surface area contributed by atoms with Crippen molar-refractivity contribution in [1.29, 1.82) is 0 Å². The highest BCUT2D eigenvalue weighted by Crippen LogP contribution is 2.26. The molecule has 6 nitrogen and oxygen atoms in total. The van der Waals surface area contributed by atoms with Crippen LogP contribution in [-0.4, -0.2) is 48.0 Å². The molecule has 1 aliphatic heterocycles. The molecule has 1 aliphatic rings. The van der Waals surface area contributed by atoms with Gasteiger partial charge in [-0.3, -0.25) is 9.67 Å². The number of aryl methyl sites for hydroxylation is 2. The van der Waals surface area contributed by atoms with Crippen molar-refractivity contribution in [3.05, 3.63) is 46.8 Å². The van der Waals surface area contributed by atoms with Crippen LogP contribution in [0.2, 0.25) is 0 Å². The third kappa shape index (κ3) is 5.61. The molecule has 166 valence electrons. The van der Waals surface area contributed by atoms with E-state index in [1.807, 2.05) is 25.6 Å². The molecule has 1 unspecified atom stereocenters. The van der Waals surface area contributed by atoms with Crippen molar-refractivity contribution >= 4 is 35.6 Å². The van der Waals surface area contributed by atoms with Crippen LogP contribution in [0.4, 0.5) is 14.5 Å². The molecule has 0 saturated carbocycles. The molecule has 2 N–H and O–H groups in total. The SMILES string of the molecule is CCNC(=NCCc1c(C)nn(C)c1C)NC1CCN(c2c(F)cccc2F)C1.I. The van der Waals surface area contributed by atoms with Gasteiger partial charge < -0.3 is 15.5 Å². The predicted molar refractivity (Wildman–Crippen MR) is 128 cm³/mol. The normalized spacial score (nSPS) is 16.5. The summed E-state index contributed by atoms with van der Waals surface area (Å²) in [4.78, 5) is 6.45.